The zero-order chi connectivity index (χ0) is 27.4. The Morgan fingerprint density at radius 2 is 1.41 bits per heavy atom. The van der Waals surface area contributed by atoms with Crippen molar-refractivity contribution in [1.29, 1.82) is 0 Å². The number of allylic oxidation sites excluding steroid dienone is 2. The van der Waals surface area contributed by atoms with Crippen molar-refractivity contribution in [3.8, 4) is 0 Å². The first-order chi connectivity index (χ1) is 18.8. The number of anilines is 1. The minimum Gasteiger partial charge on any atom is -0.359 e. The average Bonchev–Trinajstić information content (AvgIpc) is 3.40. The van der Waals surface area contributed by atoms with Crippen LogP contribution in [0, 0.1) is 11.8 Å². The molecule has 2 saturated heterocycles. The zero-order valence-corrected chi connectivity index (χ0v) is 22.4. The van der Waals surface area contributed by atoms with Crippen molar-refractivity contribution in [3.05, 3.63) is 123 Å². The predicted molar refractivity (Wildman–Crippen MR) is 149 cm³/mol. The highest BCUT2D eigenvalue weighted by molar-refractivity contribution is 6.38. The van der Waals surface area contributed by atoms with Crippen LogP contribution in [0.1, 0.15) is 20.7 Å². The van der Waals surface area contributed by atoms with Crippen LogP contribution in [0.25, 0.3) is 0 Å². The Labute approximate surface area is 239 Å². The van der Waals surface area contributed by atoms with Gasteiger partial charge in [-0.25, -0.2) is 4.90 Å². The second-order valence-corrected chi connectivity index (χ2v) is 10.8. The largest absolute Gasteiger partial charge is 0.359 e. The third-order valence-electron chi connectivity index (χ3n) is 7.39. The molecule has 0 aromatic heterocycles. The van der Waals surface area contributed by atoms with E-state index in [1.54, 1.807) is 77.8 Å². The number of nitrogens with zero attached hydrogens (tertiary/aromatic N) is 2. The highest BCUT2D eigenvalue weighted by Gasteiger charge is 2.63. The number of hydrogen-bond acceptors (Lipinski definition) is 5. The molecule has 6 rings (SSSR count). The Morgan fingerprint density at radius 3 is 2.10 bits per heavy atom. The summed E-state index contributed by atoms with van der Waals surface area (Å²) >= 11 is 18.5. The molecular weight excluding hydrogens is 559 g/mol. The number of carbonyl (C=O) groups excluding carboxylic acids is 4. The van der Waals surface area contributed by atoms with Gasteiger partial charge < -0.3 is 4.90 Å². The molecular formula is C30H19Cl3N2O4. The van der Waals surface area contributed by atoms with E-state index in [1.807, 2.05) is 6.07 Å². The highest BCUT2D eigenvalue weighted by atomic mass is 35.5. The maximum atomic E-state index is 13.9. The normalized spacial score (nSPS) is 23.5. The van der Waals surface area contributed by atoms with Crippen LogP contribution in [0.4, 0.5) is 5.69 Å². The molecule has 9 heteroatoms. The van der Waals surface area contributed by atoms with Gasteiger partial charge in [0, 0.05) is 32.9 Å². The van der Waals surface area contributed by atoms with Crippen LogP contribution in [0.2, 0.25) is 15.1 Å². The quantitative estimate of drug-likeness (QED) is 0.274. The summed E-state index contributed by atoms with van der Waals surface area (Å²) in [7, 11) is 0. The molecule has 0 saturated carbocycles. The van der Waals surface area contributed by atoms with E-state index < -0.39 is 35.7 Å². The lowest BCUT2D eigenvalue weighted by Crippen LogP contribution is -2.46. The molecule has 0 N–H and O–H groups in total. The molecule has 194 valence electrons. The lowest BCUT2D eigenvalue weighted by molar-refractivity contribution is -0.123. The number of hydrogen-bond donors (Lipinski definition) is 0. The predicted octanol–water partition coefficient (Wildman–Crippen LogP) is 6.02. The Kier molecular flexibility index (Phi) is 6.42. The number of amides is 2. The summed E-state index contributed by atoms with van der Waals surface area (Å²) in [5.74, 6) is -3.48. The molecule has 0 bridgehead atoms. The minimum absolute atomic E-state index is 0.139. The van der Waals surface area contributed by atoms with E-state index in [0.29, 0.717) is 26.7 Å². The summed E-state index contributed by atoms with van der Waals surface area (Å²) in [5, 5.41) is 0.962. The monoisotopic (exact) mass is 576 g/mol. The topological polar surface area (TPSA) is 74.8 Å². The second-order valence-electron chi connectivity index (χ2n) is 9.55. The number of halogens is 3. The van der Waals surface area contributed by atoms with Gasteiger partial charge in [-0.15, -0.1) is 0 Å². The van der Waals surface area contributed by atoms with E-state index in [2.05, 4.69) is 0 Å². The summed E-state index contributed by atoms with van der Waals surface area (Å²) in [6.07, 6.45) is 4.94. The lowest BCUT2D eigenvalue weighted by atomic mass is 9.85. The first-order valence-corrected chi connectivity index (χ1v) is 13.3. The molecule has 3 aromatic carbocycles. The third-order valence-corrected chi connectivity index (χ3v) is 8.18. The summed E-state index contributed by atoms with van der Waals surface area (Å²) in [5.41, 5.74) is 1.43. The molecule has 3 heterocycles. The van der Waals surface area contributed by atoms with Crippen LogP contribution in [0.15, 0.2) is 96.7 Å². The number of fused-ring (bicyclic) bond motifs is 3. The fraction of sp³-hybridized carbons (Fsp3) is 0.133. The molecule has 0 spiro atoms. The highest BCUT2D eigenvalue weighted by Crippen LogP contribution is 2.48. The van der Waals surface area contributed by atoms with Crippen LogP contribution in [0.5, 0.6) is 0 Å². The van der Waals surface area contributed by atoms with E-state index in [-0.39, 0.29) is 22.3 Å². The molecule has 0 unspecified atom stereocenters. The van der Waals surface area contributed by atoms with Gasteiger partial charge in [0.1, 0.15) is 6.04 Å². The number of benzene rings is 3. The molecule has 3 aromatic rings. The first kappa shape index (κ1) is 25.6. The average molecular weight is 578 g/mol. The second kappa shape index (κ2) is 9.79. The molecule has 2 amide bonds. The van der Waals surface area contributed by atoms with E-state index in [0.717, 1.165) is 4.90 Å². The molecule has 0 radical (unpaired) electrons. The van der Waals surface area contributed by atoms with Crippen molar-refractivity contribution in [2.45, 2.75) is 12.1 Å². The Balaban J connectivity index is 1.44. The number of ketones is 2. The number of rotatable bonds is 5. The Morgan fingerprint density at radius 1 is 0.744 bits per heavy atom. The van der Waals surface area contributed by atoms with Crippen LogP contribution in [0.3, 0.4) is 0 Å². The van der Waals surface area contributed by atoms with Gasteiger partial charge in [0.05, 0.1) is 28.6 Å². The number of carbonyl (C=O) groups is 4. The molecule has 4 atom stereocenters. The van der Waals surface area contributed by atoms with Gasteiger partial charge in [0.15, 0.2) is 11.6 Å². The fourth-order valence-electron chi connectivity index (χ4n) is 5.64. The van der Waals surface area contributed by atoms with Gasteiger partial charge in [-0.1, -0.05) is 71.2 Å². The first-order valence-electron chi connectivity index (χ1n) is 12.2. The Hall–Kier alpha value is -3.71. The van der Waals surface area contributed by atoms with Crippen LogP contribution in [-0.2, 0) is 9.59 Å². The van der Waals surface area contributed by atoms with Gasteiger partial charge in [-0.05, 0) is 48.5 Å². The van der Waals surface area contributed by atoms with E-state index in [9.17, 15) is 19.2 Å². The van der Waals surface area contributed by atoms with E-state index in [1.165, 1.54) is 12.1 Å². The maximum Gasteiger partial charge on any atom is 0.240 e. The third kappa shape index (κ3) is 4.20. The molecule has 6 nitrogen and oxygen atoms in total. The van der Waals surface area contributed by atoms with E-state index >= 15 is 0 Å². The molecule has 39 heavy (non-hydrogen) atoms. The summed E-state index contributed by atoms with van der Waals surface area (Å²) in [6, 6.07) is 18.0. The van der Waals surface area contributed by atoms with Gasteiger partial charge in [-0.2, -0.15) is 0 Å². The molecule has 0 aliphatic carbocycles. The van der Waals surface area contributed by atoms with Gasteiger partial charge in [0.2, 0.25) is 11.8 Å². The van der Waals surface area contributed by atoms with E-state index in [4.69, 9.17) is 34.8 Å². The fourth-order valence-corrected chi connectivity index (χ4v) is 6.26. The van der Waals surface area contributed by atoms with Crippen LogP contribution >= 0.6 is 34.8 Å². The van der Waals surface area contributed by atoms with Crippen molar-refractivity contribution in [2.75, 3.05) is 4.90 Å². The summed E-state index contributed by atoms with van der Waals surface area (Å²) in [6.45, 7) is 0. The van der Waals surface area contributed by atoms with Crippen molar-refractivity contribution < 1.29 is 19.2 Å². The van der Waals surface area contributed by atoms with Gasteiger partial charge in [-0.3, -0.25) is 19.2 Å². The number of imide groups is 1. The lowest BCUT2D eigenvalue weighted by Gasteiger charge is -2.33. The SMILES string of the molecule is O=C(C1=C[C@@H]2[C@H]3C(=O)N(c4ccc(Cl)cc4Cl)C(=O)[C@@H]3[C@H](C(=O)c3ccc(Cl)cc3)N2C=C1)c1ccccc1. The van der Waals surface area contributed by atoms with Crippen molar-refractivity contribution >= 4 is 63.9 Å². The molecule has 3 aliphatic heterocycles. The smallest absolute Gasteiger partial charge is 0.240 e. The minimum atomic E-state index is -0.996. The van der Waals surface area contributed by atoms with Crippen molar-refractivity contribution in [1.82, 2.24) is 4.90 Å². The standard InChI is InChI=1S/C30H19Cl3N2O4/c31-19-8-6-17(7-9-19)28(37)26-25-24(29(38)35(30(25)39)22-11-10-20(32)15-21(22)33)23-14-18(12-13-34(23)26)27(36)16-4-2-1-3-5-16/h1-15,23-26H/t23-,24-,25+,26-/m1/s1. The Bertz CT molecular complexity index is 1600. The van der Waals surface area contributed by atoms with Crippen LogP contribution < -0.4 is 4.90 Å². The van der Waals surface area contributed by atoms with Gasteiger partial charge >= 0.3 is 0 Å². The number of Topliss-reactive ketones (excluding diaryl/α,β-unsaturated/α-hetero) is 2. The maximum absolute atomic E-state index is 13.9. The van der Waals surface area contributed by atoms with Crippen molar-refractivity contribution in [2.24, 2.45) is 11.8 Å². The van der Waals surface area contributed by atoms with Crippen LogP contribution in [-0.4, -0.2) is 40.4 Å². The van der Waals surface area contributed by atoms with Crippen molar-refractivity contribution in [3.63, 3.8) is 0 Å². The summed E-state index contributed by atoms with van der Waals surface area (Å²) < 4.78 is 0. The van der Waals surface area contributed by atoms with Gasteiger partial charge in [0.25, 0.3) is 0 Å². The molecule has 2 fully saturated rings. The summed E-state index contributed by atoms with van der Waals surface area (Å²) in [4.78, 5) is 57.7. The molecule has 3 aliphatic rings. The zero-order valence-electron chi connectivity index (χ0n) is 20.1.